The fraction of sp³-hybridized carbons (Fsp3) is 0.457. The highest BCUT2D eigenvalue weighted by molar-refractivity contribution is 7.92. The Kier molecular flexibility index (Phi) is 12.4. The third-order valence-electron chi connectivity index (χ3n) is 8.36. The third-order valence-corrected chi connectivity index (χ3v) is 9.76. The number of nitrogens with zero attached hydrogens (tertiary/aromatic N) is 3. The molecule has 12 heteroatoms. The van der Waals surface area contributed by atoms with Crippen LogP contribution in [0, 0.1) is 12.8 Å². The average Bonchev–Trinajstić information content (AvgIpc) is 3.06. The summed E-state index contributed by atoms with van der Waals surface area (Å²) in [6.45, 7) is 8.18. The summed E-state index contributed by atoms with van der Waals surface area (Å²) in [7, 11) is -2.21. The van der Waals surface area contributed by atoms with Gasteiger partial charge in [0.2, 0.25) is 0 Å². The van der Waals surface area contributed by atoms with E-state index < -0.39 is 28.1 Å². The van der Waals surface area contributed by atoms with Crippen molar-refractivity contribution < 1.29 is 32.6 Å². The van der Waals surface area contributed by atoms with Crippen LogP contribution in [0.3, 0.4) is 0 Å². The number of fused-ring (bicyclic) bond motifs is 1. The monoisotopic (exact) mass is 666 g/mol. The molecule has 1 aliphatic rings. The SMILES string of the molecule is Cc1ccc(S(=O)(=O)Nc2ccc3c(c2)C(=O)N([C@H](C)CO)C[C@H](C)[C@H](CN(C)C(=O)c2ccncc2)OCCCC[C@@H](C)O3)cc1. The predicted octanol–water partition coefficient (Wildman–Crippen LogP) is 4.76. The molecule has 2 aromatic carbocycles. The fourth-order valence-electron chi connectivity index (χ4n) is 5.45. The number of aryl methyl sites for hydroxylation is 1. The van der Waals surface area contributed by atoms with Gasteiger partial charge in [0.25, 0.3) is 21.8 Å². The minimum Gasteiger partial charge on any atom is -0.490 e. The highest BCUT2D eigenvalue weighted by Crippen LogP contribution is 2.29. The molecule has 0 unspecified atom stereocenters. The summed E-state index contributed by atoms with van der Waals surface area (Å²) < 4.78 is 41.6. The zero-order chi connectivity index (χ0) is 34.1. The van der Waals surface area contributed by atoms with E-state index in [0.29, 0.717) is 30.9 Å². The molecule has 0 bridgehead atoms. The van der Waals surface area contributed by atoms with Crippen LogP contribution in [-0.4, -0.2) is 91.7 Å². The minimum atomic E-state index is -3.93. The number of hydrogen-bond acceptors (Lipinski definition) is 8. The Bertz CT molecular complexity index is 1600. The molecule has 0 saturated heterocycles. The summed E-state index contributed by atoms with van der Waals surface area (Å²) in [6, 6.07) is 13.9. The molecular weight excluding hydrogens is 620 g/mol. The second-order valence-corrected chi connectivity index (χ2v) is 14.0. The van der Waals surface area contributed by atoms with Gasteiger partial charge in [-0.05, 0) is 82.5 Å². The molecule has 2 heterocycles. The molecule has 2 N–H and O–H groups in total. The van der Waals surface area contributed by atoms with Gasteiger partial charge in [-0.3, -0.25) is 19.3 Å². The molecule has 0 spiro atoms. The van der Waals surface area contributed by atoms with Crippen LogP contribution in [0.2, 0.25) is 0 Å². The number of carbonyl (C=O) groups is 2. The number of amides is 2. The van der Waals surface area contributed by atoms with E-state index in [0.717, 1.165) is 18.4 Å². The van der Waals surface area contributed by atoms with E-state index in [2.05, 4.69) is 9.71 Å². The minimum absolute atomic E-state index is 0.0992. The topological polar surface area (TPSA) is 138 Å². The average molecular weight is 667 g/mol. The van der Waals surface area contributed by atoms with Crippen molar-refractivity contribution >= 4 is 27.5 Å². The first-order valence-electron chi connectivity index (χ1n) is 16.0. The van der Waals surface area contributed by atoms with E-state index >= 15 is 0 Å². The lowest BCUT2D eigenvalue weighted by atomic mass is 10.0. The summed E-state index contributed by atoms with van der Waals surface area (Å²) in [5, 5.41) is 10.2. The van der Waals surface area contributed by atoms with Crippen molar-refractivity contribution in [2.75, 3.05) is 38.1 Å². The van der Waals surface area contributed by atoms with E-state index in [1.165, 1.54) is 18.2 Å². The van der Waals surface area contributed by atoms with Crippen molar-refractivity contribution in [1.29, 1.82) is 0 Å². The summed E-state index contributed by atoms with van der Waals surface area (Å²) in [6.07, 6.45) is 4.81. The molecule has 4 atom stereocenters. The molecule has 254 valence electrons. The van der Waals surface area contributed by atoms with Gasteiger partial charge < -0.3 is 24.4 Å². The summed E-state index contributed by atoms with van der Waals surface area (Å²) >= 11 is 0. The molecule has 47 heavy (non-hydrogen) atoms. The highest BCUT2D eigenvalue weighted by atomic mass is 32.2. The number of likely N-dealkylation sites (N-methyl/N-ethyl adjacent to an activating group) is 1. The maximum Gasteiger partial charge on any atom is 0.261 e. The van der Waals surface area contributed by atoms with Crippen LogP contribution in [0.1, 0.15) is 66.3 Å². The van der Waals surface area contributed by atoms with Gasteiger partial charge in [-0.25, -0.2) is 8.42 Å². The first kappa shape index (κ1) is 35.8. The van der Waals surface area contributed by atoms with Gasteiger partial charge in [0, 0.05) is 56.3 Å². The smallest absolute Gasteiger partial charge is 0.261 e. The van der Waals surface area contributed by atoms with Crippen LogP contribution < -0.4 is 9.46 Å². The largest absolute Gasteiger partial charge is 0.490 e. The highest BCUT2D eigenvalue weighted by Gasteiger charge is 2.31. The lowest BCUT2D eigenvalue weighted by molar-refractivity contribution is -0.0149. The standard InChI is InChI=1S/C35H46N4O7S/c1-24-9-12-30(13-10-24)47(43,44)37-29-11-14-32-31(20-29)35(42)39(26(3)23-40)21-25(2)33(45-19-7-6-8-27(4)46-32)22-38(5)34(41)28-15-17-36-18-16-28/h9-18,20,25-27,33,37,40H,6-8,19,21-23H2,1-5H3/t25-,26+,27+,33-/m0/s1. The number of pyridine rings is 1. The Morgan fingerprint density at radius 1 is 1.11 bits per heavy atom. The second kappa shape index (κ2) is 16.2. The van der Waals surface area contributed by atoms with Gasteiger partial charge >= 0.3 is 0 Å². The Morgan fingerprint density at radius 3 is 2.49 bits per heavy atom. The van der Waals surface area contributed by atoms with Gasteiger partial charge in [0.15, 0.2) is 0 Å². The Labute approximate surface area is 278 Å². The van der Waals surface area contributed by atoms with Gasteiger partial charge in [-0.2, -0.15) is 0 Å². The van der Waals surface area contributed by atoms with Gasteiger partial charge in [-0.1, -0.05) is 24.6 Å². The molecule has 1 aliphatic heterocycles. The molecule has 0 aliphatic carbocycles. The van der Waals surface area contributed by atoms with Crippen LogP contribution >= 0.6 is 0 Å². The Morgan fingerprint density at radius 2 is 1.81 bits per heavy atom. The van der Waals surface area contributed by atoms with Crippen molar-refractivity contribution in [3.05, 3.63) is 83.7 Å². The number of hydrogen-bond donors (Lipinski definition) is 2. The van der Waals surface area contributed by atoms with E-state index in [1.54, 1.807) is 72.6 Å². The van der Waals surface area contributed by atoms with Crippen molar-refractivity contribution in [3.8, 4) is 5.75 Å². The zero-order valence-electron chi connectivity index (χ0n) is 27.8. The lowest BCUT2D eigenvalue weighted by Gasteiger charge is -2.36. The predicted molar refractivity (Wildman–Crippen MR) is 180 cm³/mol. The number of benzene rings is 2. The van der Waals surface area contributed by atoms with Crippen LogP contribution in [0.25, 0.3) is 0 Å². The maximum atomic E-state index is 14.4. The molecule has 3 aromatic rings. The fourth-order valence-corrected chi connectivity index (χ4v) is 6.50. The summed E-state index contributed by atoms with van der Waals surface area (Å²) in [5.74, 6) is -0.500. The third kappa shape index (κ3) is 9.52. The second-order valence-electron chi connectivity index (χ2n) is 12.4. The van der Waals surface area contributed by atoms with E-state index in [1.807, 2.05) is 20.8 Å². The summed E-state index contributed by atoms with van der Waals surface area (Å²) in [4.78, 5) is 34.8. The zero-order valence-corrected chi connectivity index (χ0v) is 28.6. The molecule has 1 aromatic heterocycles. The number of carbonyl (C=O) groups excluding carboxylic acids is 2. The number of ether oxygens (including phenoxy) is 2. The van der Waals surface area contributed by atoms with Crippen molar-refractivity contribution in [2.45, 2.75) is 70.1 Å². The molecule has 0 saturated carbocycles. The number of aromatic nitrogens is 1. The molecule has 11 nitrogen and oxygen atoms in total. The molecule has 2 amide bonds. The van der Waals surface area contributed by atoms with Gasteiger partial charge in [0.05, 0.1) is 35.3 Å². The van der Waals surface area contributed by atoms with Crippen molar-refractivity contribution in [3.63, 3.8) is 0 Å². The first-order chi connectivity index (χ1) is 22.4. The first-order valence-corrected chi connectivity index (χ1v) is 17.5. The van der Waals surface area contributed by atoms with Crippen LogP contribution in [-0.2, 0) is 14.8 Å². The van der Waals surface area contributed by atoms with Crippen molar-refractivity contribution in [1.82, 2.24) is 14.8 Å². The Balaban J connectivity index is 1.66. The number of aliphatic hydroxyl groups is 1. The van der Waals surface area contributed by atoms with E-state index in [9.17, 15) is 23.1 Å². The van der Waals surface area contributed by atoms with E-state index in [-0.39, 0.29) is 47.2 Å². The van der Waals surface area contributed by atoms with E-state index in [4.69, 9.17) is 9.47 Å². The van der Waals surface area contributed by atoms with Crippen LogP contribution in [0.4, 0.5) is 5.69 Å². The van der Waals surface area contributed by atoms with Crippen molar-refractivity contribution in [2.24, 2.45) is 5.92 Å². The van der Waals surface area contributed by atoms with Gasteiger partial charge in [0.1, 0.15) is 5.75 Å². The van der Waals surface area contributed by atoms with Crippen LogP contribution in [0.5, 0.6) is 5.75 Å². The number of rotatable bonds is 8. The number of anilines is 1. The molecule has 0 fully saturated rings. The quantitative estimate of drug-likeness (QED) is 0.351. The number of sulfonamides is 1. The summed E-state index contributed by atoms with van der Waals surface area (Å²) in [5.41, 5.74) is 1.82. The maximum absolute atomic E-state index is 14.4. The number of aliphatic hydroxyl groups excluding tert-OH is 1. The molecule has 4 rings (SSSR count). The Hall–Kier alpha value is -4.00. The number of nitrogens with one attached hydrogen (secondary N) is 1. The van der Waals surface area contributed by atoms with Gasteiger partial charge in [-0.15, -0.1) is 0 Å². The molecule has 0 radical (unpaired) electrons. The normalized spacial score (nSPS) is 20.3. The molecular formula is C35H46N4O7S. The lowest BCUT2D eigenvalue weighted by Crippen LogP contribution is -2.48. The van der Waals surface area contributed by atoms with Crippen LogP contribution in [0.15, 0.2) is 71.9 Å².